The van der Waals surface area contributed by atoms with Crippen LogP contribution in [-0.4, -0.2) is 172 Å². The smallest absolute Gasteiger partial charge is 0.187 e. The van der Waals surface area contributed by atoms with E-state index in [-0.39, 0.29) is 42.8 Å². The van der Waals surface area contributed by atoms with Crippen molar-refractivity contribution in [2.24, 2.45) is 22.7 Å². The maximum atomic E-state index is 12.6. The Morgan fingerprint density at radius 1 is 0.638 bits per heavy atom. The Kier molecular flexibility index (Phi) is 12.9. The van der Waals surface area contributed by atoms with Gasteiger partial charge in [-0.3, -0.25) is 0 Å². The lowest BCUT2D eigenvalue weighted by molar-refractivity contribution is -0.353. The lowest BCUT2D eigenvalue weighted by Gasteiger charge is -2.69. The van der Waals surface area contributed by atoms with Crippen LogP contribution in [0, 0.1) is 22.7 Å². The highest BCUT2D eigenvalue weighted by Gasteiger charge is 2.80. The number of hydrogen-bond donors (Lipinski definition) is 7. The Bertz CT molecular complexity index is 1420. The summed E-state index contributed by atoms with van der Waals surface area (Å²) in [7, 11) is 4.64. The molecule has 4 aliphatic carbocycles. The number of aliphatic hydroxyl groups is 7. The van der Waals surface area contributed by atoms with Crippen molar-refractivity contribution in [2.75, 3.05) is 21.3 Å². The molecular formula is C42H72O16. The Morgan fingerprint density at radius 2 is 1.24 bits per heavy atom. The van der Waals surface area contributed by atoms with Gasteiger partial charge in [0.2, 0.25) is 0 Å². The van der Waals surface area contributed by atoms with Crippen LogP contribution in [-0.2, 0) is 42.6 Å². The first-order valence-corrected chi connectivity index (χ1v) is 21.6. The Hall–Kier alpha value is -0.640. The summed E-state index contributed by atoms with van der Waals surface area (Å²) < 4.78 is 55.2. The molecule has 0 bridgehead atoms. The van der Waals surface area contributed by atoms with Crippen molar-refractivity contribution in [2.45, 2.75) is 221 Å². The number of ether oxygens (including phenoxy) is 9. The Balaban J connectivity index is 0.952. The van der Waals surface area contributed by atoms with Gasteiger partial charge in [0, 0.05) is 34.2 Å². The highest BCUT2D eigenvalue weighted by molar-refractivity contribution is 5.30. The van der Waals surface area contributed by atoms with Gasteiger partial charge in [0.15, 0.2) is 18.9 Å². The van der Waals surface area contributed by atoms with Gasteiger partial charge >= 0.3 is 0 Å². The second-order valence-corrected chi connectivity index (χ2v) is 19.3. The number of aliphatic hydroxyl groups excluding tert-OH is 4. The van der Waals surface area contributed by atoms with Crippen molar-refractivity contribution in [1.82, 2.24) is 0 Å². The second kappa shape index (κ2) is 16.5. The summed E-state index contributed by atoms with van der Waals surface area (Å²) in [5, 5.41) is 80.3. The van der Waals surface area contributed by atoms with E-state index in [0.29, 0.717) is 32.1 Å². The molecule has 0 spiro atoms. The second-order valence-electron chi connectivity index (χ2n) is 19.3. The lowest BCUT2D eigenvalue weighted by atomic mass is 9.40. The van der Waals surface area contributed by atoms with Gasteiger partial charge < -0.3 is 78.4 Å². The topological polar surface area (TPSA) is 225 Å². The van der Waals surface area contributed by atoms with Crippen molar-refractivity contribution in [1.29, 1.82) is 0 Å². The molecule has 0 amide bonds. The third-order valence-electron chi connectivity index (χ3n) is 16.7. The molecule has 0 unspecified atom stereocenters. The minimum absolute atomic E-state index is 0.0916. The molecule has 3 saturated heterocycles. The summed E-state index contributed by atoms with van der Waals surface area (Å²) in [6.07, 6.45) is -6.94. The molecule has 58 heavy (non-hydrogen) atoms. The summed E-state index contributed by atoms with van der Waals surface area (Å²) in [6, 6.07) is 0. The van der Waals surface area contributed by atoms with Crippen molar-refractivity contribution in [3.05, 3.63) is 0 Å². The number of fused-ring (bicyclic) bond motifs is 5. The van der Waals surface area contributed by atoms with Crippen LogP contribution in [0.5, 0.6) is 0 Å². The first-order chi connectivity index (χ1) is 27.2. The first-order valence-electron chi connectivity index (χ1n) is 21.6. The highest BCUT2D eigenvalue weighted by atomic mass is 16.8. The molecule has 7 fully saturated rings. The minimum atomic E-state index is -1.76. The van der Waals surface area contributed by atoms with Crippen molar-refractivity contribution in [3.63, 3.8) is 0 Å². The number of rotatable bonds is 10. The Labute approximate surface area is 342 Å². The van der Waals surface area contributed by atoms with Gasteiger partial charge in [0.25, 0.3) is 0 Å². The zero-order valence-corrected chi connectivity index (χ0v) is 35.8. The molecule has 3 heterocycles. The first kappa shape index (κ1) is 45.4. The van der Waals surface area contributed by atoms with Crippen LogP contribution in [0.3, 0.4) is 0 Å². The molecule has 4 saturated carbocycles. The molecule has 3 aliphatic heterocycles. The van der Waals surface area contributed by atoms with Crippen LogP contribution >= 0.6 is 0 Å². The van der Waals surface area contributed by atoms with Crippen molar-refractivity contribution < 1.29 is 78.4 Å². The summed E-state index contributed by atoms with van der Waals surface area (Å²) >= 11 is 0. The molecule has 7 aliphatic rings. The predicted molar refractivity (Wildman–Crippen MR) is 204 cm³/mol. The Morgan fingerprint density at radius 3 is 1.83 bits per heavy atom. The average molecular weight is 833 g/mol. The highest BCUT2D eigenvalue weighted by Crippen LogP contribution is 2.71. The van der Waals surface area contributed by atoms with Gasteiger partial charge in [0.05, 0.1) is 59.8 Å². The fraction of sp³-hybridized carbons (Fsp3) is 1.00. The molecule has 0 aromatic heterocycles. The number of hydrogen-bond acceptors (Lipinski definition) is 16. The largest absolute Gasteiger partial charge is 0.392 e. The van der Waals surface area contributed by atoms with Crippen LogP contribution < -0.4 is 0 Å². The van der Waals surface area contributed by atoms with E-state index in [1.807, 2.05) is 13.8 Å². The summed E-state index contributed by atoms with van der Waals surface area (Å²) in [6.45, 7) is 10.8. The quantitative estimate of drug-likeness (QED) is 0.154. The molecule has 0 aromatic rings. The molecule has 0 aromatic carbocycles. The standard InChI is InChI=1S/C42H72O16/c1-20-32(45)36(52-9)33(46)37(55-20)58-35-22(3)54-31(18-27(35)51-8)57-34-21(2)53-30(17-26(34)50-7)56-25-11-12-38(5)24(16-25)10-13-41(48)28(38)19-29(44)39(6)40(47,23(4)43)14-15-42(39,41)49/h20-37,43-49H,10-19H2,1-9H3/t20-,21+,22+,23-,24-,25+,26+,27+,28+,29+,30-,31-,32-,33-,34+,35+,36+,37+,38+,39+,40-,41-,42-/m0/s1. The van der Waals surface area contributed by atoms with E-state index >= 15 is 0 Å². The van der Waals surface area contributed by atoms with Gasteiger partial charge in [-0.05, 0) is 96.3 Å². The fourth-order valence-corrected chi connectivity index (χ4v) is 13.0. The zero-order valence-electron chi connectivity index (χ0n) is 35.8. The van der Waals surface area contributed by atoms with Gasteiger partial charge in [0.1, 0.15) is 41.7 Å². The molecule has 0 radical (unpaired) electrons. The molecule has 336 valence electrons. The van der Waals surface area contributed by atoms with E-state index in [9.17, 15) is 35.7 Å². The molecule has 7 N–H and O–H groups in total. The van der Waals surface area contributed by atoms with E-state index in [4.69, 9.17) is 42.6 Å². The van der Waals surface area contributed by atoms with E-state index in [0.717, 1.165) is 12.8 Å². The number of methoxy groups -OCH3 is 3. The zero-order chi connectivity index (χ0) is 42.3. The van der Waals surface area contributed by atoms with E-state index in [2.05, 4.69) is 6.92 Å². The fourth-order valence-electron chi connectivity index (χ4n) is 13.0. The SMILES string of the molecule is CO[C@H]1[C@H](O)[C@@H](O[C@@H]2[C@@H](C)O[C@@H](O[C@@H]3[C@@H](C)O[C@@H](O[C@@H]4CC[C@]5(C)[C@@H](CC[C@]6(O)[C@@H]5C[C@@H](O)[C@@]5(C)[C@@]6(O)CC[C@]5(O)[C@H](C)O)C4)C[C@H]3OC)C[C@H]2OC)O[C@@H](C)[C@@H]1O. The van der Waals surface area contributed by atoms with Crippen molar-refractivity contribution >= 4 is 0 Å². The maximum absolute atomic E-state index is 12.6. The third kappa shape index (κ3) is 6.96. The normalized spacial score (nSPS) is 56.6. The van der Waals surface area contributed by atoms with Crippen LogP contribution in [0.15, 0.2) is 0 Å². The summed E-state index contributed by atoms with van der Waals surface area (Å²) in [5.41, 5.74) is -6.89. The van der Waals surface area contributed by atoms with Crippen LogP contribution in [0.4, 0.5) is 0 Å². The average Bonchev–Trinajstić information content (AvgIpc) is 3.41. The van der Waals surface area contributed by atoms with Crippen LogP contribution in [0.2, 0.25) is 0 Å². The summed E-state index contributed by atoms with van der Waals surface area (Å²) in [4.78, 5) is 0. The van der Waals surface area contributed by atoms with E-state index < -0.39 is 114 Å². The summed E-state index contributed by atoms with van der Waals surface area (Å²) in [5.74, 6) is -0.233. The van der Waals surface area contributed by atoms with Gasteiger partial charge in [-0.1, -0.05) is 13.8 Å². The van der Waals surface area contributed by atoms with Crippen molar-refractivity contribution in [3.8, 4) is 0 Å². The predicted octanol–water partition coefficient (Wildman–Crippen LogP) is 1.28. The molecular weight excluding hydrogens is 760 g/mol. The minimum Gasteiger partial charge on any atom is -0.392 e. The maximum Gasteiger partial charge on any atom is 0.187 e. The lowest BCUT2D eigenvalue weighted by Crippen LogP contribution is -2.79. The van der Waals surface area contributed by atoms with Gasteiger partial charge in [-0.2, -0.15) is 0 Å². The van der Waals surface area contributed by atoms with Gasteiger partial charge in [-0.25, -0.2) is 0 Å². The molecule has 7 rings (SSSR count). The van der Waals surface area contributed by atoms with Crippen LogP contribution in [0.1, 0.15) is 106 Å². The van der Waals surface area contributed by atoms with E-state index in [1.54, 1.807) is 28.1 Å². The molecule has 16 nitrogen and oxygen atoms in total. The van der Waals surface area contributed by atoms with Crippen LogP contribution in [0.25, 0.3) is 0 Å². The molecule has 16 heteroatoms. The van der Waals surface area contributed by atoms with E-state index in [1.165, 1.54) is 14.0 Å². The van der Waals surface area contributed by atoms with Gasteiger partial charge in [-0.15, -0.1) is 0 Å². The monoisotopic (exact) mass is 832 g/mol. The third-order valence-corrected chi connectivity index (χ3v) is 16.7. The molecule has 23 atom stereocenters.